The van der Waals surface area contributed by atoms with Crippen LogP contribution in [0.25, 0.3) is 10.3 Å². The van der Waals surface area contributed by atoms with Gasteiger partial charge in [-0.3, -0.25) is 0 Å². The molecule has 0 saturated carbocycles. The molecule has 2 aromatic rings. The monoisotopic (exact) mass is 206 g/mol. The van der Waals surface area contributed by atoms with Gasteiger partial charge in [-0.15, -0.1) is 11.3 Å². The fourth-order valence-corrected chi connectivity index (χ4v) is 2.35. The van der Waals surface area contributed by atoms with Crippen molar-refractivity contribution in [1.82, 2.24) is 9.97 Å². The van der Waals surface area contributed by atoms with E-state index in [2.05, 4.69) is 29.9 Å². The lowest BCUT2D eigenvalue weighted by atomic mass is 10.2. The maximum absolute atomic E-state index is 4.53. The number of rotatable bonds is 1. The average Bonchev–Trinajstić information content (AvgIpc) is 2.48. The first-order chi connectivity index (χ1) is 6.58. The summed E-state index contributed by atoms with van der Waals surface area (Å²) >= 11 is 1.75. The molecule has 3 heteroatoms. The third-order valence-electron chi connectivity index (χ3n) is 2.36. The highest BCUT2D eigenvalue weighted by Gasteiger charge is 2.08. The minimum Gasteiger partial charge on any atom is -0.249 e. The second-order valence-electron chi connectivity index (χ2n) is 3.89. The van der Waals surface area contributed by atoms with E-state index in [1.807, 2.05) is 13.8 Å². The van der Waals surface area contributed by atoms with Gasteiger partial charge >= 0.3 is 0 Å². The molecule has 2 rings (SSSR count). The van der Waals surface area contributed by atoms with Gasteiger partial charge in [-0.25, -0.2) is 9.97 Å². The zero-order valence-electron chi connectivity index (χ0n) is 8.96. The SMILES string of the molecule is Cc1nc2cc(C(C)C)sc2nc1C. The molecular weight excluding hydrogens is 192 g/mol. The molecule has 0 N–H and O–H groups in total. The molecule has 2 aromatic heterocycles. The predicted octanol–water partition coefficient (Wildman–Crippen LogP) is 3.43. The Hall–Kier alpha value is -0.960. The number of hydrogen-bond donors (Lipinski definition) is 0. The second kappa shape index (κ2) is 3.31. The maximum Gasteiger partial charge on any atom is 0.142 e. The molecule has 0 aliphatic carbocycles. The van der Waals surface area contributed by atoms with Crippen LogP contribution in [0.2, 0.25) is 0 Å². The highest BCUT2D eigenvalue weighted by molar-refractivity contribution is 7.18. The van der Waals surface area contributed by atoms with Gasteiger partial charge in [0.05, 0.1) is 11.4 Å². The number of fused-ring (bicyclic) bond motifs is 1. The van der Waals surface area contributed by atoms with Crippen molar-refractivity contribution in [2.24, 2.45) is 0 Å². The van der Waals surface area contributed by atoms with Gasteiger partial charge in [0.2, 0.25) is 0 Å². The normalized spacial score (nSPS) is 11.5. The molecule has 0 aliphatic rings. The van der Waals surface area contributed by atoms with Crippen molar-refractivity contribution in [2.45, 2.75) is 33.6 Å². The molecule has 0 aromatic carbocycles. The zero-order valence-corrected chi connectivity index (χ0v) is 9.77. The molecule has 0 saturated heterocycles. The molecule has 0 radical (unpaired) electrons. The van der Waals surface area contributed by atoms with Gasteiger partial charge in [0.1, 0.15) is 10.3 Å². The summed E-state index contributed by atoms with van der Waals surface area (Å²) in [4.78, 5) is 11.5. The van der Waals surface area contributed by atoms with Crippen molar-refractivity contribution in [1.29, 1.82) is 0 Å². The minimum absolute atomic E-state index is 0.566. The Labute approximate surface area is 88.0 Å². The third-order valence-corrected chi connectivity index (χ3v) is 3.68. The molecule has 0 unspecified atom stereocenters. The smallest absolute Gasteiger partial charge is 0.142 e. The van der Waals surface area contributed by atoms with Gasteiger partial charge in [-0.1, -0.05) is 13.8 Å². The molecule has 0 bridgehead atoms. The van der Waals surface area contributed by atoms with Crippen molar-refractivity contribution in [3.8, 4) is 0 Å². The Morgan fingerprint density at radius 1 is 1.14 bits per heavy atom. The maximum atomic E-state index is 4.53. The first-order valence-corrected chi connectivity index (χ1v) is 5.64. The summed E-state index contributed by atoms with van der Waals surface area (Å²) in [7, 11) is 0. The Kier molecular flexibility index (Phi) is 2.27. The van der Waals surface area contributed by atoms with E-state index in [-0.39, 0.29) is 0 Å². The lowest BCUT2D eigenvalue weighted by molar-refractivity contribution is 0.890. The van der Waals surface area contributed by atoms with Gasteiger partial charge in [-0.2, -0.15) is 0 Å². The summed E-state index contributed by atoms with van der Waals surface area (Å²) in [5.74, 6) is 0.566. The molecule has 0 aliphatic heterocycles. The van der Waals surface area contributed by atoms with Gasteiger partial charge in [0.25, 0.3) is 0 Å². The first kappa shape index (κ1) is 9.59. The van der Waals surface area contributed by atoms with E-state index < -0.39 is 0 Å². The van der Waals surface area contributed by atoms with Crippen LogP contribution in [0.4, 0.5) is 0 Å². The van der Waals surface area contributed by atoms with Crippen LogP contribution in [0.5, 0.6) is 0 Å². The van der Waals surface area contributed by atoms with Gasteiger partial charge in [-0.05, 0) is 25.8 Å². The van der Waals surface area contributed by atoms with E-state index in [1.165, 1.54) is 4.88 Å². The summed E-state index contributed by atoms with van der Waals surface area (Å²) in [5.41, 5.74) is 3.11. The van der Waals surface area contributed by atoms with Gasteiger partial charge in [0, 0.05) is 4.88 Å². The van der Waals surface area contributed by atoms with E-state index in [9.17, 15) is 0 Å². The molecule has 2 nitrogen and oxygen atoms in total. The van der Waals surface area contributed by atoms with Crippen molar-refractivity contribution in [2.75, 3.05) is 0 Å². The van der Waals surface area contributed by atoms with E-state index in [0.29, 0.717) is 5.92 Å². The summed E-state index contributed by atoms with van der Waals surface area (Å²) in [5, 5.41) is 0. The molecule has 0 atom stereocenters. The lowest BCUT2D eigenvalue weighted by Gasteiger charge is -1.96. The van der Waals surface area contributed by atoms with E-state index >= 15 is 0 Å². The number of aryl methyl sites for hydroxylation is 2. The highest BCUT2D eigenvalue weighted by Crippen LogP contribution is 2.28. The van der Waals surface area contributed by atoms with Crippen LogP contribution >= 0.6 is 11.3 Å². The van der Waals surface area contributed by atoms with E-state index in [1.54, 1.807) is 11.3 Å². The molecule has 2 heterocycles. The molecule has 0 amide bonds. The van der Waals surface area contributed by atoms with Crippen LogP contribution in [-0.4, -0.2) is 9.97 Å². The topological polar surface area (TPSA) is 25.8 Å². The average molecular weight is 206 g/mol. The number of nitrogens with zero attached hydrogens (tertiary/aromatic N) is 2. The first-order valence-electron chi connectivity index (χ1n) is 4.82. The van der Waals surface area contributed by atoms with E-state index in [4.69, 9.17) is 0 Å². The number of hydrogen-bond acceptors (Lipinski definition) is 3. The highest BCUT2D eigenvalue weighted by atomic mass is 32.1. The predicted molar refractivity (Wildman–Crippen MR) is 61.0 cm³/mol. The minimum atomic E-state index is 0.566. The van der Waals surface area contributed by atoms with Crippen LogP contribution in [0.15, 0.2) is 6.07 Å². The molecule has 0 fully saturated rings. The van der Waals surface area contributed by atoms with Crippen LogP contribution in [0.3, 0.4) is 0 Å². The molecule has 0 spiro atoms. The summed E-state index contributed by atoms with van der Waals surface area (Å²) in [6, 6.07) is 2.16. The van der Waals surface area contributed by atoms with Crippen LogP contribution < -0.4 is 0 Å². The summed E-state index contributed by atoms with van der Waals surface area (Å²) in [6.45, 7) is 8.42. The van der Waals surface area contributed by atoms with Crippen LogP contribution in [0.1, 0.15) is 36.0 Å². The van der Waals surface area contributed by atoms with Crippen molar-refractivity contribution >= 4 is 21.7 Å². The Bertz CT molecular complexity index is 432. The molecular formula is C11H14N2S. The molecule has 74 valence electrons. The van der Waals surface area contributed by atoms with Crippen LogP contribution in [0, 0.1) is 13.8 Å². The number of aromatic nitrogens is 2. The third kappa shape index (κ3) is 1.52. The van der Waals surface area contributed by atoms with Gasteiger partial charge < -0.3 is 0 Å². The van der Waals surface area contributed by atoms with Crippen molar-refractivity contribution < 1.29 is 0 Å². The second-order valence-corrected chi connectivity index (χ2v) is 4.95. The Morgan fingerprint density at radius 3 is 2.43 bits per heavy atom. The Balaban J connectivity index is 2.66. The standard InChI is InChI=1S/C11H14N2S/c1-6(2)10-5-9-11(14-10)13-8(4)7(3)12-9/h5-6H,1-4H3. The fourth-order valence-electron chi connectivity index (χ4n) is 1.33. The Morgan fingerprint density at radius 2 is 1.79 bits per heavy atom. The fraction of sp³-hybridized carbons (Fsp3) is 0.455. The van der Waals surface area contributed by atoms with E-state index in [0.717, 1.165) is 21.7 Å². The molecule has 14 heavy (non-hydrogen) atoms. The summed E-state index contributed by atoms with van der Waals surface area (Å²) < 4.78 is 0. The lowest BCUT2D eigenvalue weighted by Crippen LogP contribution is -1.89. The van der Waals surface area contributed by atoms with Crippen LogP contribution in [-0.2, 0) is 0 Å². The largest absolute Gasteiger partial charge is 0.249 e. The number of thiophene rings is 1. The van der Waals surface area contributed by atoms with Crippen molar-refractivity contribution in [3.63, 3.8) is 0 Å². The quantitative estimate of drug-likeness (QED) is 0.714. The van der Waals surface area contributed by atoms with Crippen molar-refractivity contribution in [3.05, 3.63) is 22.3 Å². The van der Waals surface area contributed by atoms with Gasteiger partial charge in [0.15, 0.2) is 0 Å². The zero-order chi connectivity index (χ0) is 10.3. The summed E-state index contributed by atoms with van der Waals surface area (Å²) in [6.07, 6.45) is 0.